The number of hydrogen-bond acceptors (Lipinski definition) is 7. The summed E-state index contributed by atoms with van der Waals surface area (Å²) in [6, 6.07) is 14.9. The molecule has 2 N–H and O–H groups in total. The van der Waals surface area contributed by atoms with Crippen LogP contribution < -0.4 is 5.32 Å². The van der Waals surface area contributed by atoms with Crippen molar-refractivity contribution in [3.05, 3.63) is 81.5 Å². The number of ether oxygens (including phenoxy) is 1. The summed E-state index contributed by atoms with van der Waals surface area (Å²) >= 11 is 0. The molecular formula is C26H33N3O5. The number of esters is 1. The molecule has 0 saturated heterocycles. The van der Waals surface area contributed by atoms with E-state index in [2.05, 4.69) is 12.2 Å². The van der Waals surface area contributed by atoms with Gasteiger partial charge in [-0.15, -0.1) is 0 Å². The van der Waals surface area contributed by atoms with E-state index in [0.29, 0.717) is 18.5 Å². The summed E-state index contributed by atoms with van der Waals surface area (Å²) in [6.45, 7) is 9.71. The zero-order chi connectivity index (χ0) is 25.1. The molecule has 1 unspecified atom stereocenters. The Bertz CT molecular complexity index is 1090. The lowest BCUT2D eigenvalue weighted by Crippen LogP contribution is -2.50. The van der Waals surface area contributed by atoms with Gasteiger partial charge >= 0.3 is 11.8 Å². The van der Waals surface area contributed by atoms with E-state index >= 15 is 0 Å². The summed E-state index contributed by atoms with van der Waals surface area (Å²) in [4.78, 5) is 25.2. The van der Waals surface area contributed by atoms with Crippen LogP contribution in [0.2, 0.25) is 0 Å². The largest absolute Gasteiger partial charge is 0.489 e. The molecule has 8 heteroatoms. The van der Waals surface area contributed by atoms with Crippen LogP contribution in [0.15, 0.2) is 60.2 Å². The topological polar surface area (TPSA) is 105 Å². The zero-order valence-corrected chi connectivity index (χ0v) is 20.4. The van der Waals surface area contributed by atoms with Crippen molar-refractivity contribution in [2.75, 3.05) is 0 Å². The zero-order valence-electron chi connectivity index (χ0n) is 20.4. The van der Waals surface area contributed by atoms with Crippen LogP contribution in [0, 0.1) is 10.1 Å². The lowest BCUT2D eigenvalue weighted by Gasteiger charge is -2.33. The number of carbonyl (C=O) groups excluding carboxylic acids is 1. The summed E-state index contributed by atoms with van der Waals surface area (Å²) in [6.07, 6.45) is 2.44. The fourth-order valence-corrected chi connectivity index (χ4v) is 4.05. The van der Waals surface area contributed by atoms with Crippen LogP contribution >= 0.6 is 0 Å². The van der Waals surface area contributed by atoms with Crippen LogP contribution in [0.25, 0.3) is 11.1 Å². The summed E-state index contributed by atoms with van der Waals surface area (Å²) in [5.41, 5.74) is 1.61. The molecule has 0 spiro atoms. The smallest absolute Gasteiger partial charge is 0.378 e. The Hall–Kier alpha value is -3.55. The number of rotatable bonds is 8. The minimum atomic E-state index is -0.759. The highest BCUT2D eigenvalue weighted by molar-refractivity contribution is 5.97. The monoisotopic (exact) mass is 467 g/mol. The molecule has 1 atom stereocenters. The van der Waals surface area contributed by atoms with Crippen molar-refractivity contribution in [2.45, 2.75) is 71.7 Å². The molecule has 2 aromatic rings. The first-order chi connectivity index (χ1) is 15.9. The van der Waals surface area contributed by atoms with Gasteiger partial charge in [0.15, 0.2) is 5.66 Å². The molecular weight excluding hydrogens is 434 g/mol. The van der Waals surface area contributed by atoms with Gasteiger partial charge in [-0.1, -0.05) is 55.8 Å². The van der Waals surface area contributed by atoms with Gasteiger partial charge in [-0.2, -0.15) is 0 Å². The first-order valence-electron chi connectivity index (χ1n) is 11.5. The molecule has 0 aromatic heterocycles. The summed E-state index contributed by atoms with van der Waals surface area (Å²) < 4.78 is 5.55. The third kappa shape index (κ3) is 5.50. The molecule has 0 bridgehead atoms. The van der Waals surface area contributed by atoms with Gasteiger partial charge in [0.05, 0.1) is 12.1 Å². The van der Waals surface area contributed by atoms with E-state index in [1.54, 1.807) is 17.0 Å². The van der Waals surface area contributed by atoms with Crippen molar-refractivity contribution in [2.24, 2.45) is 0 Å². The first-order valence-corrected chi connectivity index (χ1v) is 11.5. The van der Waals surface area contributed by atoms with Gasteiger partial charge < -0.3 is 20.0 Å². The Labute approximate surface area is 200 Å². The number of benzene rings is 2. The molecule has 8 nitrogen and oxygen atoms in total. The molecule has 0 amide bonds. The number of nitrogens with one attached hydrogen (secondary N) is 1. The molecule has 0 aliphatic carbocycles. The van der Waals surface area contributed by atoms with Gasteiger partial charge in [0.25, 0.3) is 5.88 Å². The van der Waals surface area contributed by atoms with Crippen LogP contribution in [-0.2, 0) is 11.3 Å². The lowest BCUT2D eigenvalue weighted by atomic mass is 9.98. The summed E-state index contributed by atoms with van der Waals surface area (Å²) in [7, 11) is 0. The first kappa shape index (κ1) is 25.1. The maximum atomic E-state index is 12.7. The Morgan fingerprint density at radius 2 is 1.82 bits per heavy atom. The number of nitrogens with zero attached hydrogens (tertiary/aromatic N) is 2. The quantitative estimate of drug-likeness (QED) is 0.296. The molecule has 0 saturated carbocycles. The minimum Gasteiger partial charge on any atom is -0.489 e. The minimum absolute atomic E-state index is 0.296. The second-order valence-electron chi connectivity index (χ2n) is 9.76. The van der Waals surface area contributed by atoms with E-state index in [9.17, 15) is 20.0 Å². The molecule has 182 valence electrons. The van der Waals surface area contributed by atoms with Crippen LogP contribution in [-0.4, -0.2) is 32.2 Å². The van der Waals surface area contributed by atoms with Crippen LogP contribution in [0.3, 0.4) is 0 Å². The predicted octanol–water partition coefficient (Wildman–Crippen LogP) is 5.58. The van der Waals surface area contributed by atoms with Crippen molar-refractivity contribution in [1.29, 1.82) is 0 Å². The third-order valence-corrected chi connectivity index (χ3v) is 5.80. The second kappa shape index (κ2) is 9.75. The number of aliphatic hydroxyl groups excluding tert-OH is 1. The molecule has 1 aliphatic heterocycles. The maximum absolute atomic E-state index is 12.7. The van der Waals surface area contributed by atoms with Crippen molar-refractivity contribution in [1.82, 2.24) is 10.2 Å². The van der Waals surface area contributed by atoms with E-state index in [0.717, 1.165) is 29.5 Å². The number of carbonyl (C=O) groups is 1. The third-order valence-electron chi connectivity index (χ3n) is 5.80. The molecule has 0 radical (unpaired) electrons. The number of hydrogen-bond donors (Lipinski definition) is 2. The molecule has 0 fully saturated rings. The van der Waals surface area contributed by atoms with Gasteiger partial charge in [-0.3, -0.25) is 4.90 Å². The fourth-order valence-electron chi connectivity index (χ4n) is 4.05. The Morgan fingerprint density at radius 3 is 2.41 bits per heavy atom. The molecule has 1 heterocycles. The number of aliphatic hydroxyl groups is 1. The second-order valence-corrected chi connectivity index (χ2v) is 9.76. The summed E-state index contributed by atoms with van der Waals surface area (Å²) in [5, 5.41) is 24.9. The highest BCUT2D eigenvalue weighted by Crippen LogP contribution is 2.33. The number of unbranched alkanes of at least 4 members (excludes halogenated alkanes) is 1. The highest BCUT2D eigenvalue weighted by atomic mass is 16.6. The van der Waals surface area contributed by atoms with Crippen LogP contribution in [0.4, 0.5) is 0 Å². The van der Waals surface area contributed by atoms with Gasteiger partial charge in [-0.05, 0) is 61.8 Å². The molecule has 1 aliphatic rings. The van der Waals surface area contributed by atoms with E-state index in [1.165, 1.54) is 0 Å². The molecule has 3 rings (SSSR count). The van der Waals surface area contributed by atoms with E-state index in [1.807, 2.05) is 64.1 Å². The van der Waals surface area contributed by atoms with E-state index in [4.69, 9.17) is 4.74 Å². The standard InChI is InChI=1S/C26H33N3O5/c1-6-7-16-26(5)27-22(29(32)33)23(30)28(26)17-18-12-14-19(15-13-18)20-10-8-9-11-21(20)24(31)34-25(2,3)4/h8-15,27,30H,6-7,16-17H2,1-5H3. The van der Waals surface area contributed by atoms with E-state index < -0.39 is 16.2 Å². The average Bonchev–Trinajstić information content (AvgIpc) is 3.03. The Morgan fingerprint density at radius 1 is 1.18 bits per heavy atom. The van der Waals surface area contributed by atoms with Crippen LogP contribution in [0.5, 0.6) is 0 Å². The summed E-state index contributed by atoms with van der Waals surface area (Å²) in [5.74, 6) is -1.12. The molecule has 34 heavy (non-hydrogen) atoms. The SMILES string of the molecule is CCCCC1(C)NC([N+](=O)[O-])=C(O)N1Cc1ccc(-c2ccccc2C(=O)OC(C)(C)C)cc1. The van der Waals surface area contributed by atoms with Crippen molar-refractivity contribution < 1.29 is 19.6 Å². The Balaban J connectivity index is 1.86. The average molecular weight is 468 g/mol. The van der Waals surface area contributed by atoms with Gasteiger partial charge in [-0.25, -0.2) is 10.1 Å². The van der Waals surface area contributed by atoms with Gasteiger partial charge in [0.2, 0.25) is 0 Å². The molecule has 2 aromatic carbocycles. The predicted molar refractivity (Wildman–Crippen MR) is 130 cm³/mol. The van der Waals surface area contributed by atoms with Crippen molar-refractivity contribution in [3.63, 3.8) is 0 Å². The van der Waals surface area contributed by atoms with Gasteiger partial charge in [0, 0.05) is 6.42 Å². The maximum Gasteiger partial charge on any atom is 0.378 e. The van der Waals surface area contributed by atoms with Crippen LogP contribution in [0.1, 0.15) is 69.8 Å². The van der Waals surface area contributed by atoms with Crippen molar-refractivity contribution in [3.8, 4) is 11.1 Å². The normalized spacial score (nSPS) is 18.1. The fraction of sp³-hybridized carbons (Fsp3) is 0.423. The lowest BCUT2D eigenvalue weighted by molar-refractivity contribution is -0.434. The number of nitro groups is 1. The highest BCUT2D eigenvalue weighted by Gasteiger charge is 2.48. The van der Waals surface area contributed by atoms with Gasteiger partial charge in [0.1, 0.15) is 5.60 Å². The Kier molecular flexibility index (Phi) is 7.19. The van der Waals surface area contributed by atoms with E-state index in [-0.39, 0.29) is 17.7 Å². The van der Waals surface area contributed by atoms with Crippen molar-refractivity contribution >= 4 is 5.97 Å².